The number of pyridine rings is 1. The lowest BCUT2D eigenvalue weighted by Crippen LogP contribution is -2.30. The molecule has 0 radical (unpaired) electrons. The van der Waals surface area contributed by atoms with E-state index >= 15 is 0 Å². The van der Waals surface area contributed by atoms with Gasteiger partial charge in [0.15, 0.2) is 0 Å². The van der Waals surface area contributed by atoms with Crippen LogP contribution in [0.15, 0.2) is 72.8 Å². The van der Waals surface area contributed by atoms with Crippen molar-refractivity contribution < 1.29 is 4.79 Å². The Morgan fingerprint density at radius 2 is 1.68 bits per heavy atom. The second-order valence-corrected chi connectivity index (χ2v) is 5.91. The van der Waals surface area contributed by atoms with Gasteiger partial charge in [-0.3, -0.25) is 5.32 Å². The second-order valence-electron chi connectivity index (χ2n) is 5.50. The predicted octanol–water partition coefficient (Wildman–Crippen LogP) is 4.77. The van der Waals surface area contributed by atoms with Crippen LogP contribution in [0.3, 0.4) is 0 Å². The van der Waals surface area contributed by atoms with Crippen molar-refractivity contribution in [1.29, 1.82) is 0 Å². The van der Waals surface area contributed by atoms with Crippen molar-refractivity contribution in [1.82, 2.24) is 10.3 Å². The molecular weight excluding hydrogens is 334 g/mol. The number of halogens is 1. The van der Waals surface area contributed by atoms with Crippen LogP contribution in [0, 0.1) is 0 Å². The van der Waals surface area contributed by atoms with Gasteiger partial charge in [0.1, 0.15) is 5.82 Å². The Morgan fingerprint density at radius 3 is 2.48 bits per heavy atom. The second kappa shape index (κ2) is 8.31. The summed E-state index contributed by atoms with van der Waals surface area (Å²) >= 11 is 6.20. The lowest BCUT2D eigenvalue weighted by Gasteiger charge is -2.09. The fourth-order valence-electron chi connectivity index (χ4n) is 2.45. The van der Waals surface area contributed by atoms with Crippen LogP contribution < -0.4 is 10.6 Å². The molecule has 126 valence electrons. The number of urea groups is 1. The van der Waals surface area contributed by atoms with E-state index in [0.717, 1.165) is 12.0 Å². The summed E-state index contributed by atoms with van der Waals surface area (Å²) in [6, 6.07) is 22.7. The van der Waals surface area contributed by atoms with Crippen molar-refractivity contribution in [2.45, 2.75) is 6.42 Å². The van der Waals surface area contributed by atoms with E-state index in [1.807, 2.05) is 66.7 Å². The zero-order valence-electron chi connectivity index (χ0n) is 13.6. The minimum atomic E-state index is -0.278. The number of rotatable bonds is 5. The van der Waals surface area contributed by atoms with Gasteiger partial charge >= 0.3 is 6.03 Å². The number of aromatic nitrogens is 1. The van der Waals surface area contributed by atoms with Gasteiger partial charge in [0.2, 0.25) is 0 Å². The first-order chi connectivity index (χ1) is 12.2. The Bertz CT molecular complexity index is 852. The van der Waals surface area contributed by atoms with Gasteiger partial charge < -0.3 is 5.32 Å². The maximum atomic E-state index is 12.0. The van der Waals surface area contributed by atoms with Gasteiger partial charge in [-0.05, 0) is 30.2 Å². The van der Waals surface area contributed by atoms with E-state index in [1.165, 1.54) is 5.56 Å². The summed E-state index contributed by atoms with van der Waals surface area (Å²) in [5.74, 6) is 0.481. The average molecular weight is 352 g/mol. The number of benzene rings is 2. The highest BCUT2D eigenvalue weighted by molar-refractivity contribution is 6.33. The largest absolute Gasteiger partial charge is 0.337 e. The monoisotopic (exact) mass is 351 g/mol. The molecule has 0 aliphatic carbocycles. The van der Waals surface area contributed by atoms with E-state index in [1.54, 1.807) is 6.07 Å². The molecular formula is C20H18ClN3O. The molecule has 25 heavy (non-hydrogen) atoms. The summed E-state index contributed by atoms with van der Waals surface area (Å²) < 4.78 is 0. The third kappa shape index (κ3) is 4.81. The minimum absolute atomic E-state index is 0.278. The van der Waals surface area contributed by atoms with Gasteiger partial charge in [-0.2, -0.15) is 0 Å². The van der Waals surface area contributed by atoms with Crippen molar-refractivity contribution in [3.63, 3.8) is 0 Å². The Morgan fingerprint density at radius 1 is 0.920 bits per heavy atom. The Balaban J connectivity index is 1.58. The molecule has 0 bridgehead atoms. The lowest BCUT2D eigenvalue weighted by atomic mass is 10.1. The number of anilines is 1. The van der Waals surface area contributed by atoms with Crippen LogP contribution in [0.1, 0.15) is 5.56 Å². The number of carbonyl (C=O) groups excluding carboxylic acids is 1. The van der Waals surface area contributed by atoms with Crippen molar-refractivity contribution >= 4 is 23.4 Å². The summed E-state index contributed by atoms with van der Waals surface area (Å²) in [4.78, 5) is 16.5. The molecule has 0 atom stereocenters. The van der Waals surface area contributed by atoms with E-state index in [2.05, 4.69) is 15.6 Å². The Hall–Kier alpha value is -2.85. The smallest absolute Gasteiger partial charge is 0.320 e. The van der Waals surface area contributed by atoms with Gasteiger partial charge in [-0.25, -0.2) is 9.78 Å². The minimum Gasteiger partial charge on any atom is -0.337 e. The molecule has 0 saturated heterocycles. The highest BCUT2D eigenvalue weighted by atomic mass is 35.5. The molecule has 2 aromatic carbocycles. The van der Waals surface area contributed by atoms with Crippen LogP contribution in [0.5, 0.6) is 0 Å². The van der Waals surface area contributed by atoms with E-state index < -0.39 is 0 Å². The summed E-state index contributed by atoms with van der Waals surface area (Å²) in [5.41, 5.74) is 2.73. The average Bonchev–Trinajstić information content (AvgIpc) is 2.63. The van der Waals surface area contributed by atoms with Crippen molar-refractivity contribution in [3.05, 3.63) is 83.4 Å². The highest BCUT2D eigenvalue weighted by Crippen LogP contribution is 2.26. The molecule has 0 aliphatic heterocycles. The molecule has 2 N–H and O–H groups in total. The first-order valence-electron chi connectivity index (χ1n) is 8.03. The molecule has 1 heterocycles. The normalized spacial score (nSPS) is 10.3. The molecule has 0 fully saturated rings. The van der Waals surface area contributed by atoms with Crippen LogP contribution >= 0.6 is 11.6 Å². The summed E-state index contributed by atoms with van der Waals surface area (Å²) in [6.45, 7) is 0.556. The SMILES string of the molecule is O=C(NCCc1ccccc1)Nc1cccc(-c2ccccc2Cl)n1. The molecule has 0 saturated carbocycles. The van der Waals surface area contributed by atoms with Crippen molar-refractivity contribution in [3.8, 4) is 11.3 Å². The van der Waals surface area contributed by atoms with Crippen molar-refractivity contribution in [2.24, 2.45) is 0 Å². The van der Waals surface area contributed by atoms with Crippen LogP contribution in [-0.2, 0) is 6.42 Å². The van der Waals surface area contributed by atoms with Gasteiger partial charge in [-0.1, -0.05) is 66.2 Å². The van der Waals surface area contributed by atoms with Crippen molar-refractivity contribution in [2.75, 3.05) is 11.9 Å². The van der Waals surface area contributed by atoms with Gasteiger partial charge in [0, 0.05) is 17.1 Å². The maximum Gasteiger partial charge on any atom is 0.320 e. The maximum absolute atomic E-state index is 12.0. The molecule has 0 spiro atoms. The van der Waals surface area contributed by atoms with Crippen LogP contribution in [0.2, 0.25) is 5.02 Å². The van der Waals surface area contributed by atoms with Gasteiger partial charge in [-0.15, -0.1) is 0 Å². The molecule has 4 nitrogen and oxygen atoms in total. The third-order valence-corrected chi connectivity index (χ3v) is 4.01. The number of hydrogen-bond donors (Lipinski definition) is 2. The van der Waals surface area contributed by atoms with E-state index in [0.29, 0.717) is 23.1 Å². The van der Waals surface area contributed by atoms with E-state index in [4.69, 9.17) is 11.6 Å². The fraction of sp³-hybridized carbons (Fsp3) is 0.100. The van der Waals surface area contributed by atoms with Gasteiger partial charge in [0.25, 0.3) is 0 Å². The Kier molecular flexibility index (Phi) is 5.65. The summed E-state index contributed by atoms with van der Waals surface area (Å²) in [7, 11) is 0. The first-order valence-corrected chi connectivity index (χ1v) is 8.41. The Labute approximate surface area is 151 Å². The number of hydrogen-bond acceptors (Lipinski definition) is 2. The standard InChI is InChI=1S/C20H18ClN3O/c21-17-10-5-4-9-16(17)18-11-6-12-19(23-18)24-20(25)22-14-13-15-7-2-1-3-8-15/h1-12H,13-14H2,(H2,22,23,24,25). The first kappa shape index (κ1) is 17.0. The highest BCUT2D eigenvalue weighted by Gasteiger charge is 2.07. The summed E-state index contributed by atoms with van der Waals surface area (Å²) in [6.07, 6.45) is 0.779. The molecule has 3 aromatic rings. The molecule has 3 rings (SSSR count). The van der Waals surface area contributed by atoms with Gasteiger partial charge in [0.05, 0.1) is 5.69 Å². The molecule has 2 amide bonds. The molecule has 5 heteroatoms. The topological polar surface area (TPSA) is 54.0 Å². The zero-order valence-corrected chi connectivity index (χ0v) is 14.3. The number of carbonyl (C=O) groups is 1. The zero-order chi connectivity index (χ0) is 17.5. The quantitative estimate of drug-likeness (QED) is 0.696. The lowest BCUT2D eigenvalue weighted by molar-refractivity contribution is 0.252. The van der Waals surface area contributed by atoms with Crippen LogP contribution in [-0.4, -0.2) is 17.6 Å². The number of amides is 2. The summed E-state index contributed by atoms with van der Waals surface area (Å²) in [5, 5.41) is 6.21. The number of nitrogens with zero attached hydrogens (tertiary/aromatic N) is 1. The van der Waals surface area contributed by atoms with Crippen LogP contribution in [0.4, 0.5) is 10.6 Å². The third-order valence-electron chi connectivity index (χ3n) is 3.68. The number of nitrogens with one attached hydrogen (secondary N) is 2. The molecule has 1 aromatic heterocycles. The van der Waals surface area contributed by atoms with E-state index in [-0.39, 0.29) is 6.03 Å². The molecule has 0 unspecified atom stereocenters. The van der Waals surface area contributed by atoms with E-state index in [9.17, 15) is 4.79 Å². The molecule has 0 aliphatic rings. The predicted molar refractivity (Wildman–Crippen MR) is 102 cm³/mol. The van der Waals surface area contributed by atoms with Crippen LogP contribution in [0.25, 0.3) is 11.3 Å². The fourth-order valence-corrected chi connectivity index (χ4v) is 2.68.